The average molecular weight is 321 g/mol. The third kappa shape index (κ3) is 3.76. The first kappa shape index (κ1) is 14.6. The maximum atomic E-state index is 12.3. The first-order valence-electron chi connectivity index (χ1n) is 5.06. The third-order valence-electron chi connectivity index (χ3n) is 2.00. The highest BCUT2D eigenvalue weighted by atomic mass is 79.9. The summed E-state index contributed by atoms with van der Waals surface area (Å²) in [6, 6.07) is 4.32. The van der Waals surface area contributed by atoms with Gasteiger partial charge in [-0.05, 0) is 25.1 Å². The van der Waals surface area contributed by atoms with Crippen LogP contribution in [0.1, 0.15) is 12.5 Å². The van der Waals surface area contributed by atoms with Crippen molar-refractivity contribution < 1.29 is 18.3 Å². The van der Waals surface area contributed by atoms with Gasteiger partial charge < -0.3 is 10.1 Å². The van der Waals surface area contributed by atoms with E-state index in [-0.39, 0.29) is 17.9 Å². The van der Waals surface area contributed by atoms with E-state index in [9.17, 15) is 13.6 Å². The van der Waals surface area contributed by atoms with E-state index < -0.39 is 18.2 Å². The minimum Gasteiger partial charge on any atom is -0.461 e. The molecule has 0 saturated carbocycles. The van der Waals surface area contributed by atoms with Gasteiger partial charge in [-0.25, -0.2) is 4.79 Å². The molecule has 0 unspecified atom stereocenters. The van der Waals surface area contributed by atoms with E-state index in [4.69, 9.17) is 5.41 Å². The number of rotatable bonds is 5. The van der Waals surface area contributed by atoms with Crippen molar-refractivity contribution in [3.8, 4) is 0 Å². The topological polar surface area (TPSA) is 62.2 Å². The molecule has 0 atom stereocenters. The molecule has 0 aliphatic carbocycles. The lowest BCUT2D eigenvalue weighted by molar-refractivity contribution is -0.135. The predicted octanol–water partition coefficient (Wildman–Crippen LogP) is 3.01. The number of hydrogen-bond donors (Lipinski definition) is 2. The van der Waals surface area contributed by atoms with Gasteiger partial charge in [-0.3, -0.25) is 5.41 Å². The van der Waals surface area contributed by atoms with Crippen molar-refractivity contribution in [2.45, 2.75) is 13.5 Å². The van der Waals surface area contributed by atoms with E-state index >= 15 is 0 Å². The SMILES string of the molecule is CCOC(=O)C(=N)c1ccc(Br)cc1NC(F)F. The Labute approximate surface area is 111 Å². The summed E-state index contributed by atoms with van der Waals surface area (Å²) in [5.41, 5.74) is -0.401. The zero-order chi connectivity index (χ0) is 13.7. The fourth-order valence-electron chi connectivity index (χ4n) is 1.28. The molecule has 0 fully saturated rings. The highest BCUT2D eigenvalue weighted by Crippen LogP contribution is 2.23. The summed E-state index contributed by atoms with van der Waals surface area (Å²) in [5.74, 6) is -0.850. The van der Waals surface area contributed by atoms with Gasteiger partial charge in [0.25, 0.3) is 0 Å². The number of nitrogens with one attached hydrogen (secondary N) is 2. The van der Waals surface area contributed by atoms with Crippen LogP contribution in [-0.4, -0.2) is 24.8 Å². The van der Waals surface area contributed by atoms with Crippen LogP contribution < -0.4 is 5.32 Å². The Morgan fingerprint density at radius 3 is 2.78 bits per heavy atom. The summed E-state index contributed by atoms with van der Waals surface area (Å²) in [5, 5.41) is 9.50. The second kappa shape index (κ2) is 6.44. The van der Waals surface area contributed by atoms with Crippen LogP contribution in [0.3, 0.4) is 0 Å². The smallest absolute Gasteiger partial charge is 0.356 e. The van der Waals surface area contributed by atoms with E-state index in [0.717, 1.165) is 0 Å². The average Bonchev–Trinajstić information content (AvgIpc) is 2.28. The lowest BCUT2D eigenvalue weighted by Crippen LogP contribution is -2.20. The van der Waals surface area contributed by atoms with Crippen molar-refractivity contribution in [3.63, 3.8) is 0 Å². The van der Waals surface area contributed by atoms with Gasteiger partial charge >= 0.3 is 12.5 Å². The summed E-state index contributed by atoms with van der Waals surface area (Å²) in [4.78, 5) is 11.4. The van der Waals surface area contributed by atoms with Crippen LogP contribution in [0.5, 0.6) is 0 Å². The van der Waals surface area contributed by atoms with Gasteiger partial charge in [0.15, 0.2) is 0 Å². The molecule has 0 aromatic heterocycles. The van der Waals surface area contributed by atoms with Crippen molar-refractivity contribution in [2.75, 3.05) is 11.9 Å². The quantitative estimate of drug-likeness (QED) is 0.498. The molecular weight excluding hydrogens is 310 g/mol. The van der Waals surface area contributed by atoms with E-state index in [1.807, 2.05) is 5.32 Å². The van der Waals surface area contributed by atoms with Crippen LogP contribution in [-0.2, 0) is 9.53 Å². The monoisotopic (exact) mass is 320 g/mol. The first-order chi connectivity index (χ1) is 8.45. The molecule has 0 saturated heterocycles. The Bertz CT molecular complexity index is 466. The second-order valence-corrected chi connectivity index (χ2v) is 4.15. The molecule has 1 rings (SSSR count). The zero-order valence-corrected chi connectivity index (χ0v) is 11.1. The van der Waals surface area contributed by atoms with Gasteiger partial charge in [-0.1, -0.05) is 15.9 Å². The lowest BCUT2D eigenvalue weighted by Gasteiger charge is -2.12. The number of carbonyl (C=O) groups is 1. The van der Waals surface area contributed by atoms with Crippen molar-refractivity contribution >= 4 is 33.3 Å². The van der Waals surface area contributed by atoms with E-state index in [1.54, 1.807) is 13.0 Å². The van der Waals surface area contributed by atoms with Gasteiger partial charge in [-0.2, -0.15) is 8.78 Å². The van der Waals surface area contributed by atoms with Gasteiger partial charge in [-0.15, -0.1) is 0 Å². The molecule has 2 N–H and O–H groups in total. The number of anilines is 1. The fraction of sp³-hybridized carbons (Fsp3) is 0.273. The molecule has 0 bridgehead atoms. The van der Waals surface area contributed by atoms with Crippen LogP contribution >= 0.6 is 15.9 Å². The Kier molecular flexibility index (Phi) is 5.21. The molecule has 4 nitrogen and oxygen atoms in total. The maximum absolute atomic E-state index is 12.3. The molecule has 0 radical (unpaired) electrons. The summed E-state index contributed by atoms with van der Waals surface area (Å²) in [7, 11) is 0. The normalized spacial score (nSPS) is 10.3. The molecule has 1 aromatic carbocycles. The number of esters is 1. The van der Waals surface area contributed by atoms with Crippen molar-refractivity contribution in [1.29, 1.82) is 5.41 Å². The summed E-state index contributed by atoms with van der Waals surface area (Å²) < 4.78 is 29.9. The molecule has 1 aromatic rings. The van der Waals surface area contributed by atoms with Gasteiger partial charge in [0.1, 0.15) is 5.71 Å². The molecule has 0 heterocycles. The number of halogens is 3. The second-order valence-electron chi connectivity index (χ2n) is 3.23. The summed E-state index contributed by atoms with van der Waals surface area (Å²) in [6.07, 6.45) is 0. The largest absolute Gasteiger partial charge is 0.461 e. The molecule has 98 valence electrons. The lowest BCUT2D eigenvalue weighted by atomic mass is 10.1. The predicted molar refractivity (Wildman–Crippen MR) is 67.2 cm³/mol. The number of carbonyl (C=O) groups excluding carboxylic acids is 1. The van der Waals surface area contributed by atoms with Crippen LogP contribution in [0.2, 0.25) is 0 Å². The number of hydrogen-bond acceptors (Lipinski definition) is 4. The van der Waals surface area contributed by atoms with Crippen LogP contribution in [0, 0.1) is 5.41 Å². The number of benzene rings is 1. The molecule has 0 aliphatic rings. The van der Waals surface area contributed by atoms with Crippen molar-refractivity contribution in [1.82, 2.24) is 0 Å². The van der Waals surface area contributed by atoms with Crippen molar-refractivity contribution in [2.24, 2.45) is 0 Å². The highest BCUT2D eigenvalue weighted by Gasteiger charge is 2.18. The Balaban J connectivity index is 3.07. The first-order valence-corrected chi connectivity index (χ1v) is 5.85. The van der Waals surface area contributed by atoms with Crippen LogP contribution in [0.4, 0.5) is 14.5 Å². The maximum Gasteiger partial charge on any atom is 0.356 e. The van der Waals surface area contributed by atoms with Crippen LogP contribution in [0.25, 0.3) is 0 Å². The number of alkyl halides is 2. The summed E-state index contributed by atoms with van der Waals surface area (Å²) in [6.45, 7) is -1.06. The molecule has 18 heavy (non-hydrogen) atoms. The minimum atomic E-state index is -2.78. The van der Waals surface area contributed by atoms with E-state index in [1.165, 1.54) is 12.1 Å². The standard InChI is InChI=1S/C11H11BrF2N2O2/c1-2-18-10(17)9(15)7-4-3-6(12)5-8(7)16-11(13)14/h3-5,11,15-16H,2H2,1H3. The van der Waals surface area contributed by atoms with E-state index in [0.29, 0.717) is 4.47 Å². The van der Waals surface area contributed by atoms with Gasteiger partial charge in [0.2, 0.25) is 0 Å². The molecule has 7 heteroatoms. The molecule has 0 aliphatic heterocycles. The van der Waals surface area contributed by atoms with Crippen molar-refractivity contribution in [3.05, 3.63) is 28.2 Å². The Hall–Kier alpha value is -1.50. The third-order valence-corrected chi connectivity index (χ3v) is 2.49. The summed E-state index contributed by atoms with van der Waals surface area (Å²) >= 11 is 3.13. The highest BCUT2D eigenvalue weighted by molar-refractivity contribution is 9.10. The minimum absolute atomic E-state index is 0.00238. The van der Waals surface area contributed by atoms with Gasteiger partial charge in [0.05, 0.1) is 6.61 Å². The van der Waals surface area contributed by atoms with Crippen LogP contribution in [0.15, 0.2) is 22.7 Å². The molecule has 0 spiro atoms. The fourth-order valence-corrected chi connectivity index (χ4v) is 1.65. The molecular formula is C11H11BrF2N2O2. The zero-order valence-electron chi connectivity index (χ0n) is 9.47. The molecule has 0 amide bonds. The van der Waals surface area contributed by atoms with E-state index in [2.05, 4.69) is 20.7 Å². The Morgan fingerprint density at radius 2 is 2.22 bits per heavy atom. The Morgan fingerprint density at radius 1 is 1.56 bits per heavy atom. The number of ether oxygens (including phenoxy) is 1. The van der Waals surface area contributed by atoms with Gasteiger partial charge in [0, 0.05) is 15.7 Å².